The molecule has 35 heavy (non-hydrogen) atoms. The molecule has 0 saturated heterocycles. The van der Waals surface area contributed by atoms with Crippen LogP contribution in [0, 0.1) is 6.92 Å². The lowest BCUT2D eigenvalue weighted by Gasteiger charge is -2.43. The molecule has 0 bridgehead atoms. The van der Waals surface area contributed by atoms with Gasteiger partial charge in [-0.3, -0.25) is 0 Å². The van der Waals surface area contributed by atoms with Crippen LogP contribution in [0.25, 0.3) is 0 Å². The van der Waals surface area contributed by atoms with Crippen LogP contribution in [-0.2, 0) is 15.6 Å². The van der Waals surface area contributed by atoms with E-state index in [1.165, 1.54) is 30.2 Å². The first kappa shape index (κ1) is 23.3. The number of benzene rings is 3. The van der Waals surface area contributed by atoms with Crippen molar-refractivity contribution >= 4 is 28.7 Å². The number of hydrogen-bond donors (Lipinski definition) is 0. The van der Waals surface area contributed by atoms with Gasteiger partial charge in [0.2, 0.25) is 0 Å². The Balaban J connectivity index is 1.80. The average Bonchev–Trinajstić information content (AvgIpc) is 2.95. The van der Waals surface area contributed by atoms with E-state index in [4.69, 9.17) is 9.73 Å². The van der Waals surface area contributed by atoms with Gasteiger partial charge in [0.1, 0.15) is 0 Å². The van der Waals surface area contributed by atoms with Crippen molar-refractivity contribution in [1.82, 2.24) is 0 Å². The number of methoxy groups -OCH3 is 1. The molecule has 2 aliphatic rings. The smallest absolute Gasteiger partial charge is 0.337 e. The zero-order chi connectivity index (χ0) is 25.1. The SMILES string of the molecule is COC(=O)c1ccc(C2=Nc3cc(C)ccc3N(C)c3cc4c(cc32)C(C)(C)CCC4(C)C)cc1. The predicted molar refractivity (Wildman–Crippen MR) is 144 cm³/mol. The molecule has 1 aliphatic carbocycles. The van der Waals surface area contributed by atoms with E-state index < -0.39 is 0 Å². The third-order valence-electron chi connectivity index (χ3n) is 7.89. The first-order chi connectivity index (χ1) is 16.5. The lowest BCUT2D eigenvalue weighted by molar-refractivity contribution is 0.0600. The second-order valence-corrected chi connectivity index (χ2v) is 11.3. The lowest BCUT2D eigenvalue weighted by Crippen LogP contribution is -2.34. The first-order valence-corrected chi connectivity index (χ1v) is 12.3. The van der Waals surface area contributed by atoms with Crippen molar-refractivity contribution in [2.45, 2.75) is 58.3 Å². The van der Waals surface area contributed by atoms with Crippen LogP contribution in [0.5, 0.6) is 0 Å². The van der Waals surface area contributed by atoms with Crippen LogP contribution in [0.2, 0.25) is 0 Å². The third-order valence-corrected chi connectivity index (χ3v) is 7.89. The number of esters is 1. The number of nitrogens with zero attached hydrogens (tertiary/aromatic N) is 2. The van der Waals surface area contributed by atoms with Gasteiger partial charge in [-0.05, 0) is 83.7 Å². The lowest BCUT2D eigenvalue weighted by atomic mass is 9.62. The number of aryl methyl sites for hydroxylation is 1. The largest absolute Gasteiger partial charge is 0.465 e. The maximum absolute atomic E-state index is 12.0. The molecular weight excluding hydrogens is 432 g/mol. The number of carbonyl (C=O) groups excluding carboxylic acids is 1. The second-order valence-electron chi connectivity index (χ2n) is 11.3. The van der Waals surface area contributed by atoms with Crippen LogP contribution in [0.4, 0.5) is 17.1 Å². The van der Waals surface area contributed by atoms with Crippen molar-refractivity contribution in [2.24, 2.45) is 4.99 Å². The minimum Gasteiger partial charge on any atom is -0.465 e. The van der Waals surface area contributed by atoms with E-state index in [1.807, 2.05) is 24.3 Å². The second kappa shape index (κ2) is 8.08. The van der Waals surface area contributed by atoms with Crippen LogP contribution in [0.15, 0.2) is 59.6 Å². The number of hydrogen-bond acceptors (Lipinski definition) is 4. The van der Waals surface area contributed by atoms with Crippen molar-refractivity contribution in [3.05, 3.63) is 88.0 Å². The zero-order valence-electron chi connectivity index (χ0n) is 21.8. The Morgan fingerprint density at radius 3 is 2.14 bits per heavy atom. The summed E-state index contributed by atoms with van der Waals surface area (Å²) in [7, 11) is 3.54. The number of rotatable bonds is 2. The van der Waals surface area contributed by atoms with E-state index in [1.54, 1.807) is 0 Å². The van der Waals surface area contributed by atoms with Crippen LogP contribution in [0.1, 0.15) is 78.7 Å². The van der Waals surface area contributed by atoms with Crippen LogP contribution >= 0.6 is 0 Å². The highest BCUT2D eigenvalue weighted by Crippen LogP contribution is 2.50. The molecule has 3 aromatic rings. The van der Waals surface area contributed by atoms with E-state index in [-0.39, 0.29) is 16.8 Å². The minimum atomic E-state index is -0.335. The maximum atomic E-state index is 12.0. The molecule has 0 N–H and O–H groups in total. The highest BCUT2D eigenvalue weighted by molar-refractivity contribution is 6.19. The van der Waals surface area contributed by atoms with Crippen molar-refractivity contribution < 1.29 is 9.53 Å². The van der Waals surface area contributed by atoms with Crippen molar-refractivity contribution in [3.63, 3.8) is 0 Å². The van der Waals surface area contributed by atoms with E-state index in [0.29, 0.717) is 5.56 Å². The molecule has 0 fully saturated rings. The quantitative estimate of drug-likeness (QED) is 0.370. The standard InChI is InChI=1S/C31H34N2O2/c1-19-8-13-26-25(16-19)32-28(20-9-11-21(12-10-20)29(34)35-7)22-17-23-24(18-27(22)33(26)6)31(4,5)15-14-30(23,2)3/h8-13,16-18H,14-15H2,1-7H3. The van der Waals surface area contributed by atoms with E-state index in [9.17, 15) is 4.79 Å². The van der Waals surface area contributed by atoms with Gasteiger partial charge in [0.15, 0.2) is 0 Å². The molecule has 0 saturated carbocycles. The fraction of sp³-hybridized carbons (Fsp3) is 0.355. The normalized spacial score (nSPS) is 17.5. The van der Waals surface area contributed by atoms with Crippen molar-refractivity contribution in [1.29, 1.82) is 0 Å². The monoisotopic (exact) mass is 466 g/mol. The number of carbonyl (C=O) groups is 1. The van der Waals surface area contributed by atoms with Crippen LogP contribution < -0.4 is 4.90 Å². The summed E-state index contributed by atoms with van der Waals surface area (Å²) in [5, 5.41) is 0. The summed E-state index contributed by atoms with van der Waals surface area (Å²) in [6.07, 6.45) is 2.32. The van der Waals surface area contributed by atoms with Gasteiger partial charge in [-0.2, -0.15) is 0 Å². The Morgan fingerprint density at radius 2 is 1.51 bits per heavy atom. The molecule has 0 unspecified atom stereocenters. The van der Waals surface area contributed by atoms with Gasteiger partial charge in [0, 0.05) is 18.2 Å². The molecule has 0 aromatic heterocycles. The van der Waals surface area contributed by atoms with E-state index >= 15 is 0 Å². The van der Waals surface area contributed by atoms with Crippen LogP contribution in [0.3, 0.4) is 0 Å². The van der Waals surface area contributed by atoms with Gasteiger partial charge in [-0.25, -0.2) is 9.79 Å². The number of fused-ring (bicyclic) bond motifs is 3. The number of aliphatic imine (C=N–C) groups is 1. The Labute approximate surface area is 208 Å². The van der Waals surface area contributed by atoms with Crippen LogP contribution in [-0.4, -0.2) is 25.8 Å². The Hall–Kier alpha value is -3.40. The Kier molecular flexibility index (Phi) is 5.39. The summed E-state index contributed by atoms with van der Waals surface area (Å²) in [4.78, 5) is 19.6. The minimum absolute atomic E-state index is 0.0913. The zero-order valence-corrected chi connectivity index (χ0v) is 21.8. The predicted octanol–water partition coefficient (Wildman–Crippen LogP) is 7.38. The van der Waals surface area contributed by atoms with Crippen molar-refractivity contribution in [2.75, 3.05) is 19.1 Å². The topological polar surface area (TPSA) is 41.9 Å². The maximum Gasteiger partial charge on any atom is 0.337 e. The molecule has 0 atom stereocenters. The number of ether oxygens (including phenoxy) is 1. The van der Waals surface area contributed by atoms with Gasteiger partial charge < -0.3 is 9.64 Å². The molecule has 1 heterocycles. The van der Waals surface area contributed by atoms with E-state index in [2.05, 4.69) is 76.9 Å². The summed E-state index contributed by atoms with van der Waals surface area (Å²) in [5.74, 6) is -0.335. The molecular formula is C31H34N2O2. The van der Waals surface area contributed by atoms with Gasteiger partial charge in [-0.15, -0.1) is 0 Å². The average molecular weight is 467 g/mol. The Bertz CT molecular complexity index is 1360. The molecule has 0 amide bonds. The highest BCUT2D eigenvalue weighted by Gasteiger charge is 2.39. The molecule has 1 aliphatic heterocycles. The summed E-state index contributed by atoms with van der Waals surface area (Å²) in [5.41, 5.74) is 11.0. The van der Waals surface area contributed by atoms with Gasteiger partial charge in [0.05, 0.1) is 35.4 Å². The summed E-state index contributed by atoms with van der Waals surface area (Å²) in [6.45, 7) is 11.5. The molecule has 5 rings (SSSR count). The Morgan fingerprint density at radius 1 is 0.886 bits per heavy atom. The van der Waals surface area contributed by atoms with Gasteiger partial charge in [-0.1, -0.05) is 45.9 Å². The molecule has 4 nitrogen and oxygen atoms in total. The summed E-state index contributed by atoms with van der Waals surface area (Å²) in [6, 6.07) is 18.8. The number of anilines is 2. The molecule has 3 aromatic carbocycles. The van der Waals surface area contributed by atoms with Crippen molar-refractivity contribution in [3.8, 4) is 0 Å². The van der Waals surface area contributed by atoms with E-state index in [0.717, 1.165) is 40.3 Å². The first-order valence-electron chi connectivity index (χ1n) is 12.3. The molecule has 4 heteroatoms. The molecule has 0 radical (unpaired) electrons. The fourth-order valence-corrected chi connectivity index (χ4v) is 5.49. The van der Waals surface area contributed by atoms with Gasteiger partial charge >= 0.3 is 5.97 Å². The molecule has 0 spiro atoms. The third kappa shape index (κ3) is 3.85. The van der Waals surface area contributed by atoms with Gasteiger partial charge in [0.25, 0.3) is 0 Å². The summed E-state index contributed by atoms with van der Waals surface area (Å²) < 4.78 is 4.90. The highest BCUT2D eigenvalue weighted by atomic mass is 16.5. The fourth-order valence-electron chi connectivity index (χ4n) is 5.49. The summed E-state index contributed by atoms with van der Waals surface area (Å²) >= 11 is 0. The molecule has 180 valence electrons.